The first kappa shape index (κ1) is 13.0. The summed E-state index contributed by atoms with van der Waals surface area (Å²) in [6.45, 7) is 5.57. The van der Waals surface area contributed by atoms with Crippen molar-refractivity contribution in [3.63, 3.8) is 0 Å². The molecule has 0 fully saturated rings. The largest absolute Gasteiger partial charge is 0.395 e. The van der Waals surface area contributed by atoms with Crippen LogP contribution < -0.4 is 4.90 Å². The molecule has 0 radical (unpaired) electrons. The molecule has 1 atom stereocenters. The van der Waals surface area contributed by atoms with Crippen LogP contribution in [0.1, 0.15) is 31.9 Å². The van der Waals surface area contributed by atoms with Crippen LogP contribution in [0.15, 0.2) is 24.3 Å². The normalized spacial score (nSPS) is 12.5. The summed E-state index contributed by atoms with van der Waals surface area (Å²) < 4.78 is 0. The summed E-state index contributed by atoms with van der Waals surface area (Å²) in [5.41, 5.74) is 1.97. The van der Waals surface area contributed by atoms with Crippen molar-refractivity contribution in [3.05, 3.63) is 29.8 Å². The second-order valence-corrected chi connectivity index (χ2v) is 3.79. The molecule has 3 nitrogen and oxygen atoms in total. The minimum atomic E-state index is -0.427. The van der Waals surface area contributed by atoms with Crippen LogP contribution in [0, 0.1) is 0 Å². The van der Waals surface area contributed by atoms with Gasteiger partial charge in [-0.3, -0.25) is 0 Å². The molecule has 0 spiro atoms. The van der Waals surface area contributed by atoms with Crippen molar-refractivity contribution in [2.45, 2.75) is 26.4 Å². The number of aliphatic hydroxyl groups excluding tert-OH is 2. The van der Waals surface area contributed by atoms with E-state index in [2.05, 4.69) is 4.90 Å². The van der Waals surface area contributed by atoms with E-state index in [4.69, 9.17) is 5.11 Å². The van der Waals surface area contributed by atoms with Gasteiger partial charge in [0.2, 0.25) is 0 Å². The van der Waals surface area contributed by atoms with Crippen molar-refractivity contribution in [2.24, 2.45) is 0 Å². The fraction of sp³-hybridized carbons (Fsp3) is 0.538. The lowest BCUT2D eigenvalue weighted by atomic mass is 10.0. The molecule has 16 heavy (non-hydrogen) atoms. The van der Waals surface area contributed by atoms with Gasteiger partial charge in [0.25, 0.3) is 0 Å². The van der Waals surface area contributed by atoms with Gasteiger partial charge in [-0.25, -0.2) is 0 Å². The van der Waals surface area contributed by atoms with Crippen molar-refractivity contribution in [1.82, 2.24) is 0 Å². The average Bonchev–Trinajstić information content (AvgIpc) is 2.35. The van der Waals surface area contributed by atoms with E-state index in [9.17, 15) is 5.11 Å². The van der Waals surface area contributed by atoms with E-state index in [1.165, 1.54) is 0 Å². The van der Waals surface area contributed by atoms with Gasteiger partial charge in [-0.05, 0) is 19.4 Å². The summed E-state index contributed by atoms with van der Waals surface area (Å²) in [4.78, 5) is 2.08. The maximum atomic E-state index is 9.93. The highest BCUT2D eigenvalue weighted by Gasteiger charge is 2.13. The molecule has 3 heteroatoms. The van der Waals surface area contributed by atoms with E-state index >= 15 is 0 Å². The highest BCUT2D eigenvalue weighted by atomic mass is 16.3. The topological polar surface area (TPSA) is 43.7 Å². The monoisotopic (exact) mass is 223 g/mol. The smallest absolute Gasteiger partial charge is 0.0807 e. The zero-order chi connectivity index (χ0) is 12.0. The molecular formula is C13H21NO2. The van der Waals surface area contributed by atoms with Crippen molar-refractivity contribution in [1.29, 1.82) is 0 Å². The Balaban J connectivity index is 3.00. The van der Waals surface area contributed by atoms with Gasteiger partial charge in [-0.1, -0.05) is 25.1 Å². The van der Waals surface area contributed by atoms with Gasteiger partial charge in [-0.15, -0.1) is 0 Å². The number of benzene rings is 1. The maximum absolute atomic E-state index is 9.93. The molecule has 1 aromatic rings. The van der Waals surface area contributed by atoms with Crippen LogP contribution in [-0.4, -0.2) is 29.9 Å². The highest BCUT2D eigenvalue weighted by molar-refractivity contribution is 5.54. The summed E-state index contributed by atoms with van der Waals surface area (Å²) in [5, 5.41) is 18.9. The van der Waals surface area contributed by atoms with Crippen LogP contribution in [0.4, 0.5) is 5.69 Å². The van der Waals surface area contributed by atoms with Gasteiger partial charge >= 0.3 is 0 Å². The number of hydrogen-bond donors (Lipinski definition) is 2. The van der Waals surface area contributed by atoms with Crippen LogP contribution in [0.3, 0.4) is 0 Å². The zero-order valence-electron chi connectivity index (χ0n) is 10.1. The van der Waals surface area contributed by atoms with Crippen molar-refractivity contribution in [3.8, 4) is 0 Å². The Hall–Kier alpha value is -1.06. The molecule has 2 N–H and O–H groups in total. The Kier molecular flexibility index (Phi) is 5.29. The van der Waals surface area contributed by atoms with E-state index in [1.54, 1.807) is 0 Å². The third-order valence-electron chi connectivity index (χ3n) is 2.77. The Bertz CT molecular complexity index is 315. The highest BCUT2D eigenvalue weighted by Crippen LogP contribution is 2.27. The molecule has 0 saturated heterocycles. The number of aliphatic hydroxyl groups is 2. The molecular weight excluding hydrogens is 202 g/mol. The summed E-state index contributed by atoms with van der Waals surface area (Å²) in [6, 6.07) is 7.84. The van der Waals surface area contributed by atoms with Gasteiger partial charge in [0.05, 0.1) is 12.7 Å². The SMILES string of the molecule is CCC(O)c1ccccc1N(CC)CCO. The summed E-state index contributed by atoms with van der Waals surface area (Å²) in [5.74, 6) is 0. The fourth-order valence-corrected chi connectivity index (χ4v) is 1.85. The molecule has 0 aromatic heterocycles. The second-order valence-electron chi connectivity index (χ2n) is 3.79. The molecule has 1 unspecified atom stereocenters. The fourth-order valence-electron chi connectivity index (χ4n) is 1.85. The predicted molar refractivity (Wildman–Crippen MR) is 66.7 cm³/mol. The van der Waals surface area contributed by atoms with Crippen LogP contribution >= 0.6 is 0 Å². The molecule has 0 saturated carbocycles. The first-order chi connectivity index (χ1) is 7.74. The summed E-state index contributed by atoms with van der Waals surface area (Å²) in [6.07, 6.45) is 0.275. The Morgan fingerprint density at radius 2 is 1.94 bits per heavy atom. The third-order valence-corrected chi connectivity index (χ3v) is 2.77. The first-order valence-electron chi connectivity index (χ1n) is 5.87. The van der Waals surface area contributed by atoms with Gasteiger partial charge < -0.3 is 15.1 Å². The molecule has 0 amide bonds. The minimum absolute atomic E-state index is 0.129. The van der Waals surface area contributed by atoms with E-state index in [0.29, 0.717) is 13.0 Å². The van der Waals surface area contributed by atoms with Gasteiger partial charge in [0.1, 0.15) is 0 Å². The number of para-hydroxylation sites is 1. The quantitative estimate of drug-likeness (QED) is 0.774. The summed E-state index contributed by atoms with van der Waals surface area (Å²) >= 11 is 0. The average molecular weight is 223 g/mol. The third kappa shape index (κ3) is 2.97. The number of hydrogen-bond acceptors (Lipinski definition) is 3. The Morgan fingerprint density at radius 3 is 2.50 bits per heavy atom. The van der Waals surface area contributed by atoms with E-state index in [-0.39, 0.29) is 6.61 Å². The van der Waals surface area contributed by atoms with Gasteiger partial charge in [0.15, 0.2) is 0 Å². The van der Waals surface area contributed by atoms with Crippen molar-refractivity contribution >= 4 is 5.69 Å². The first-order valence-corrected chi connectivity index (χ1v) is 5.87. The van der Waals surface area contributed by atoms with Crippen molar-refractivity contribution in [2.75, 3.05) is 24.6 Å². The number of rotatable bonds is 6. The lowest BCUT2D eigenvalue weighted by Gasteiger charge is -2.26. The molecule has 1 aromatic carbocycles. The van der Waals surface area contributed by atoms with Gasteiger partial charge in [0, 0.05) is 24.3 Å². The minimum Gasteiger partial charge on any atom is -0.395 e. The molecule has 0 aliphatic heterocycles. The Morgan fingerprint density at radius 1 is 1.25 bits per heavy atom. The number of anilines is 1. The van der Waals surface area contributed by atoms with Crippen LogP contribution in [0.5, 0.6) is 0 Å². The van der Waals surface area contributed by atoms with Crippen LogP contribution in [0.25, 0.3) is 0 Å². The maximum Gasteiger partial charge on any atom is 0.0807 e. The molecule has 0 heterocycles. The van der Waals surface area contributed by atoms with E-state index in [0.717, 1.165) is 17.8 Å². The Labute approximate surface area is 97.3 Å². The van der Waals surface area contributed by atoms with Gasteiger partial charge in [-0.2, -0.15) is 0 Å². The lowest BCUT2D eigenvalue weighted by molar-refractivity contribution is 0.174. The molecule has 0 bridgehead atoms. The lowest BCUT2D eigenvalue weighted by Crippen LogP contribution is -2.27. The van der Waals surface area contributed by atoms with Crippen LogP contribution in [0.2, 0.25) is 0 Å². The standard InChI is InChI=1S/C13H21NO2/c1-3-13(16)11-7-5-6-8-12(11)14(4-2)9-10-15/h5-8,13,15-16H,3-4,9-10H2,1-2H3. The number of nitrogens with zero attached hydrogens (tertiary/aromatic N) is 1. The number of likely N-dealkylation sites (N-methyl/N-ethyl adjacent to an activating group) is 1. The second kappa shape index (κ2) is 6.51. The summed E-state index contributed by atoms with van der Waals surface area (Å²) in [7, 11) is 0. The van der Waals surface area contributed by atoms with E-state index < -0.39 is 6.10 Å². The molecule has 1 rings (SSSR count). The molecule has 0 aliphatic carbocycles. The van der Waals surface area contributed by atoms with Crippen LogP contribution in [-0.2, 0) is 0 Å². The zero-order valence-corrected chi connectivity index (χ0v) is 10.1. The van der Waals surface area contributed by atoms with E-state index in [1.807, 2.05) is 38.1 Å². The predicted octanol–water partition coefficient (Wildman–Crippen LogP) is 1.95. The van der Waals surface area contributed by atoms with Crippen molar-refractivity contribution < 1.29 is 10.2 Å². The molecule has 90 valence electrons. The molecule has 0 aliphatic rings.